The summed E-state index contributed by atoms with van der Waals surface area (Å²) in [6.45, 7) is 4.24. The first kappa shape index (κ1) is 16.5. The van der Waals surface area contributed by atoms with E-state index in [0.717, 1.165) is 12.5 Å². The monoisotopic (exact) mass is 376 g/mol. The van der Waals surface area contributed by atoms with Gasteiger partial charge in [-0.1, -0.05) is 30.3 Å². The molecular formula is C22H24N4O2. The number of fused-ring (bicyclic) bond motifs is 2. The van der Waals surface area contributed by atoms with Crippen molar-refractivity contribution in [3.63, 3.8) is 0 Å². The van der Waals surface area contributed by atoms with Crippen LogP contribution < -0.4 is 0 Å². The highest BCUT2D eigenvalue weighted by atomic mass is 16.4. The number of aromatic nitrogens is 2. The molecule has 6 heteroatoms. The van der Waals surface area contributed by atoms with E-state index in [2.05, 4.69) is 50.3 Å². The number of furan rings is 1. The van der Waals surface area contributed by atoms with Crippen LogP contribution >= 0.6 is 0 Å². The molecule has 3 atom stereocenters. The summed E-state index contributed by atoms with van der Waals surface area (Å²) in [4.78, 5) is 5.32. The first-order valence-corrected chi connectivity index (χ1v) is 10.3. The third-order valence-electron chi connectivity index (χ3n) is 6.86. The Bertz CT molecular complexity index is 931. The number of likely N-dealkylation sites (tertiary alicyclic amines) is 1. The minimum absolute atomic E-state index is 0.462. The van der Waals surface area contributed by atoms with Crippen LogP contribution in [0.25, 0.3) is 11.7 Å². The molecule has 7 rings (SSSR count). The molecule has 0 amide bonds. The quantitative estimate of drug-likeness (QED) is 0.696. The van der Waals surface area contributed by atoms with Crippen molar-refractivity contribution in [2.45, 2.75) is 37.4 Å². The van der Waals surface area contributed by atoms with E-state index in [1.54, 1.807) is 6.26 Å². The fraction of sp³-hybridized carbons (Fsp3) is 0.455. The van der Waals surface area contributed by atoms with Crippen LogP contribution in [0.1, 0.15) is 30.2 Å². The molecule has 0 radical (unpaired) electrons. The van der Waals surface area contributed by atoms with Crippen molar-refractivity contribution < 1.29 is 8.83 Å². The van der Waals surface area contributed by atoms with E-state index in [9.17, 15) is 0 Å². The van der Waals surface area contributed by atoms with Gasteiger partial charge < -0.3 is 8.83 Å². The van der Waals surface area contributed by atoms with Crippen LogP contribution in [0.4, 0.5) is 0 Å². The molecule has 4 aliphatic rings. The number of rotatable bonds is 4. The number of benzene rings is 1. The summed E-state index contributed by atoms with van der Waals surface area (Å²) >= 11 is 0. The maximum atomic E-state index is 5.92. The molecule has 6 nitrogen and oxygen atoms in total. The SMILES string of the molecule is c1ccc([C@H]2CN(Cc3nnc(-c4ccco4)o3)[C@H]3C4CCN(CC4)[C@@H]23)cc1. The van der Waals surface area contributed by atoms with E-state index in [4.69, 9.17) is 8.83 Å². The van der Waals surface area contributed by atoms with E-state index >= 15 is 0 Å². The maximum absolute atomic E-state index is 5.92. The predicted octanol–water partition coefficient (Wildman–Crippen LogP) is 3.39. The molecule has 4 saturated heterocycles. The summed E-state index contributed by atoms with van der Waals surface area (Å²) in [5.41, 5.74) is 1.45. The minimum atomic E-state index is 0.462. The summed E-state index contributed by atoms with van der Waals surface area (Å²) in [7, 11) is 0. The largest absolute Gasteiger partial charge is 0.459 e. The molecular weight excluding hydrogens is 352 g/mol. The second kappa shape index (κ2) is 6.57. The molecule has 4 aliphatic heterocycles. The normalized spacial score (nSPS) is 31.9. The average Bonchev–Trinajstić information content (AvgIpc) is 3.50. The van der Waals surface area contributed by atoms with Crippen LogP contribution in [0, 0.1) is 5.92 Å². The molecule has 0 unspecified atom stereocenters. The Balaban J connectivity index is 1.29. The third kappa shape index (κ3) is 2.63. The Kier molecular flexibility index (Phi) is 3.87. The van der Waals surface area contributed by atoms with Gasteiger partial charge in [0, 0.05) is 24.5 Å². The molecule has 2 aromatic heterocycles. The minimum Gasteiger partial charge on any atom is -0.459 e. The Hall–Kier alpha value is -2.44. The van der Waals surface area contributed by atoms with Crippen LogP contribution in [0.5, 0.6) is 0 Å². The predicted molar refractivity (Wildman–Crippen MR) is 103 cm³/mol. The van der Waals surface area contributed by atoms with Crippen molar-refractivity contribution >= 4 is 0 Å². The second-order valence-corrected chi connectivity index (χ2v) is 8.28. The van der Waals surface area contributed by atoms with E-state index < -0.39 is 0 Å². The van der Waals surface area contributed by atoms with Crippen molar-refractivity contribution in [3.05, 3.63) is 60.2 Å². The summed E-state index contributed by atoms with van der Waals surface area (Å²) in [6, 6.07) is 15.9. The third-order valence-corrected chi connectivity index (χ3v) is 6.86. The summed E-state index contributed by atoms with van der Waals surface area (Å²) < 4.78 is 11.3. The Morgan fingerprint density at radius 3 is 2.61 bits per heavy atom. The highest BCUT2D eigenvalue weighted by Gasteiger charge is 2.53. The van der Waals surface area contributed by atoms with Gasteiger partial charge in [-0.25, -0.2) is 0 Å². The molecule has 4 fully saturated rings. The van der Waals surface area contributed by atoms with Gasteiger partial charge >= 0.3 is 0 Å². The molecule has 2 bridgehead atoms. The maximum Gasteiger partial charge on any atom is 0.283 e. The van der Waals surface area contributed by atoms with Gasteiger partial charge in [-0.05, 0) is 49.5 Å². The fourth-order valence-electron chi connectivity index (χ4n) is 5.71. The van der Waals surface area contributed by atoms with Crippen LogP contribution in [0.3, 0.4) is 0 Å². The van der Waals surface area contributed by atoms with Crippen LogP contribution in [0.15, 0.2) is 57.6 Å². The van der Waals surface area contributed by atoms with Crippen molar-refractivity contribution in [1.82, 2.24) is 20.0 Å². The summed E-state index contributed by atoms with van der Waals surface area (Å²) in [6.07, 6.45) is 4.24. The van der Waals surface area contributed by atoms with Crippen molar-refractivity contribution in [1.29, 1.82) is 0 Å². The van der Waals surface area contributed by atoms with Crippen molar-refractivity contribution in [3.8, 4) is 11.7 Å². The molecule has 144 valence electrons. The van der Waals surface area contributed by atoms with E-state index in [0.29, 0.717) is 42.1 Å². The number of hydrogen-bond acceptors (Lipinski definition) is 6. The zero-order chi connectivity index (χ0) is 18.5. The standard InChI is InChI=1S/C22H24N4O2/c1-2-5-15(6-3-1)17-13-26(20-16-8-10-25(11-9-16)21(17)20)14-19-23-24-22(28-19)18-7-4-12-27-18/h1-7,12,16-17,20-21H,8-11,13-14H2/t17-,20+,21+/m1/s1. The average molecular weight is 376 g/mol. The van der Waals surface area contributed by atoms with Gasteiger partial charge in [0.1, 0.15) is 0 Å². The molecule has 1 aromatic carbocycles. The Morgan fingerprint density at radius 2 is 1.82 bits per heavy atom. The Morgan fingerprint density at radius 1 is 0.964 bits per heavy atom. The lowest BCUT2D eigenvalue weighted by atomic mass is 9.75. The molecule has 28 heavy (non-hydrogen) atoms. The highest BCUT2D eigenvalue weighted by Crippen LogP contribution is 2.46. The molecule has 3 aromatic rings. The van der Waals surface area contributed by atoms with Gasteiger partial charge in [0.2, 0.25) is 5.89 Å². The number of nitrogens with zero attached hydrogens (tertiary/aromatic N) is 4. The fourth-order valence-corrected chi connectivity index (χ4v) is 5.71. The van der Waals surface area contributed by atoms with Crippen LogP contribution in [-0.2, 0) is 6.54 Å². The van der Waals surface area contributed by atoms with Crippen molar-refractivity contribution in [2.24, 2.45) is 5.92 Å². The molecule has 0 N–H and O–H groups in total. The molecule has 0 saturated carbocycles. The van der Waals surface area contributed by atoms with Gasteiger partial charge in [0.25, 0.3) is 5.89 Å². The Labute approximate surface area is 164 Å². The zero-order valence-electron chi connectivity index (χ0n) is 15.8. The lowest BCUT2D eigenvalue weighted by Crippen LogP contribution is -2.60. The summed E-state index contributed by atoms with van der Waals surface area (Å²) in [5, 5.41) is 8.48. The topological polar surface area (TPSA) is 58.5 Å². The lowest BCUT2D eigenvalue weighted by molar-refractivity contribution is -0.0105. The van der Waals surface area contributed by atoms with Crippen molar-refractivity contribution in [2.75, 3.05) is 19.6 Å². The lowest BCUT2D eigenvalue weighted by Gasteiger charge is -2.51. The molecule has 0 spiro atoms. The molecule has 6 heterocycles. The van der Waals surface area contributed by atoms with Crippen LogP contribution in [-0.4, -0.2) is 51.7 Å². The van der Waals surface area contributed by atoms with E-state index in [1.165, 1.54) is 31.5 Å². The number of hydrogen-bond donors (Lipinski definition) is 0. The van der Waals surface area contributed by atoms with Gasteiger partial charge in [-0.2, -0.15) is 0 Å². The van der Waals surface area contributed by atoms with E-state index in [1.807, 2.05) is 12.1 Å². The van der Waals surface area contributed by atoms with E-state index in [-0.39, 0.29) is 0 Å². The first-order chi connectivity index (χ1) is 13.9. The van der Waals surface area contributed by atoms with Crippen LogP contribution in [0.2, 0.25) is 0 Å². The molecule has 0 aliphatic carbocycles. The summed E-state index contributed by atoms with van der Waals surface area (Å²) in [5.74, 6) is 3.08. The van der Waals surface area contributed by atoms with Gasteiger partial charge in [0.15, 0.2) is 5.76 Å². The highest BCUT2D eigenvalue weighted by molar-refractivity contribution is 5.42. The van der Waals surface area contributed by atoms with Gasteiger partial charge in [0.05, 0.1) is 12.8 Å². The van der Waals surface area contributed by atoms with Gasteiger partial charge in [-0.15, -0.1) is 10.2 Å². The number of piperidine rings is 3. The smallest absolute Gasteiger partial charge is 0.283 e. The first-order valence-electron chi connectivity index (χ1n) is 10.3. The zero-order valence-corrected chi connectivity index (χ0v) is 15.8. The second-order valence-electron chi connectivity index (χ2n) is 8.28. The van der Waals surface area contributed by atoms with Gasteiger partial charge in [-0.3, -0.25) is 9.80 Å².